The first-order chi connectivity index (χ1) is 11.9. The molecule has 1 fully saturated rings. The minimum atomic E-state index is -0.981. The number of nitrogens with one attached hydrogen (secondary N) is 2. The van der Waals surface area contributed by atoms with E-state index >= 15 is 0 Å². The van der Waals surface area contributed by atoms with Crippen LogP contribution in [0.15, 0.2) is 24.3 Å². The van der Waals surface area contributed by atoms with Crippen LogP contribution in [0.5, 0.6) is 5.75 Å². The maximum atomic E-state index is 12.8. The van der Waals surface area contributed by atoms with E-state index in [0.717, 1.165) is 25.7 Å². The summed E-state index contributed by atoms with van der Waals surface area (Å²) in [5.41, 5.74) is 0. The molecule has 25 heavy (non-hydrogen) atoms. The van der Waals surface area contributed by atoms with Crippen molar-refractivity contribution >= 4 is 17.9 Å². The second-order valence-corrected chi connectivity index (χ2v) is 5.82. The topological polar surface area (TPSA) is 93.7 Å². The number of hydrogen-bond donors (Lipinski definition) is 2. The standard InChI is InChI=1S/C17H21FN2O5/c1-11(25-14-8-6-12(18)7-9-14)16(22)24-10-15(21)20-17(23)19-13-4-2-3-5-13/h6-9,11,13H,2-5,10H2,1H3,(H2,19,20,21,23)/t11-/m0/s1. The van der Waals surface area contributed by atoms with Crippen molar-refractivity contribution in [3.63, 3.8) is 0 Å². The Labute approximate surface area is 144 Å². The van der Waals surface area contributed by atoms with Crippen LogP contribution in [0.3, 0.4) is 0 Å². The highest BCUT2D eigenvalue weighted by atomic mass is 19.1. The summed E-state index contributed by atoms with van der Waals surface area (Å²) < 4.78 is 22.9. The molecule has 0 unspecified atom stereocenters. The summed E-state index contributed by atoms with van der Waals surface area (Å²) in [4.78, 5) is 35.0. The molecule has 8 heteroatoms. The Bertz CT molecular complexity index is 614. The molecule has 2 N–H and O–H groups in total. The second kappa shape index (κ2) is 9.00. The fourth-order valence-electron chi connectivity index (χ4n) is 2.47. The first kappa shape index (κ1) is 18.7. The van der Waals surface area contributed by atoms with Crippen molar-refractivity contribution in [3.8, 4) is 5.75 Å². The monoisotopic (exact) mass is 352 g/mol. The van der Waals surface area contributed by atoms with E-state index in [2.05, 4.69) is 10.6 Å². The molecule has 1 saturated carbocycles. The van der Waals surface area contributed by atoms with E-state index in [9.17, 15) is 18.8 Å². The molecule has 0 heterocycles. The number of carbonyl (C=O) groups is 3. The molecule has 1 aromatic rings. The molecule has 0 bridgehead atoms. The minimum Gasteiger partial charge on any atom is -0.479 e. The van der Waals surface area contributed by atoms with E-state index in [0.29, 0.717) is 5.75 Å². The summed E-state index contributed by atoms with van der Waals surface area (Å²) in [7, 11) is 0. The number of amides is 3. The van der Waals surface area contributed by atoms with E-state index in [1.165, 1.54) is 31.2 Å². The molecule has 1 atom stereocenters. The number of benzene rings is 1. The number of hydrogen-bond acceptors (Lipinski definition) is 5. The van der Waals surface area contributed by atoms with Crippen LogP contribution in [0.2, 0.25) is 0 Å². The number of esters is 1. The van der Waals surface area contributed by atoms with Gasteiger partial charge in [-0.3, -0.25) is 10.1 Å². The van der Waals surface area contributed by atoms with Crippen molar-refractivity contribution in [3.05, 3.63) is 30.1 Å². The number of halogens is 1. The third kappa shape index (κ3) is 6.40. The quantitative estimate of drug-likeness (QED) is 0.763. The molecule has 1 aromatic carbocycles. The van der Waals surface area contributed by atoms with Gasteiger partial charge in [-0.05, 0) is 44.0 Å². The number of carbonyl (C=O) groups excluding carboxylic acids is 3. The van der Waals surface area contributed by atoms with Crippen LogP contribution < -0.4 is 15.4 Å². The van der Waals surface area contributed by atoms with Gasteiger partial charge in [0, 0.05) is 6.04 Å². The van der Waals surface area contributed by atoms with Crippen molar-refractivity contribution < 1.29 is 28.2 Å². The average molecular weight is 352 g/mol. The van der Waals surface area contributed by atoms with E-state index in [-0.39, 0.29) is 6.04 Å². The van der Waals surface area contributed by atoms with Crippen molar-refractivity contribution in [2.75, 3.05) is 6.61 Å². The maximum Gasteiger partial charge on any atom is 0.347 e. The lowest BCUT2D eigenvalue weighted by atomic mass is 10.2. The smallest absolute Gasteiger partial charge is 0.347 e. The fourth-order valence-corrected chi connectivity index (χ4v) is 2.47. The first-order valence-corrected chi connectivity index (χ1v) is 8.13. The molecule has 0 radical (unpaired) electrons. The SMILES string of the molecule is C[C@H](Oc1ccc(F)cc1)C(=O)OCC(=O)NC(=O)NC1CCCC1. The summed E-state index contributed by atoms with van der Waals surface area (Å²) in [6.07, 6.45) is 2.93. The van der Waals surface area contributed by atoms with Gasteiger partial charge in [0.05, 0.1) is 0 Å². The van der Waals surface area contributed by atoms with Gasteiger partial charge >= 0.3 is 12.0 Å². The summed E-state index contributed by atoms with van der Waals surface area (Å²) >= 11 is 0. The Morgan fingerprint density at radius 2 is 1.84 bits per heavy atom. The molecule has 2 rings (SSSR count). The summed E-state index contributed by atoms with van der Waals surface area (Å²) in [6, 6.07) is 4.63. The number of ether oxygens (including phenoxy) is 2. The van der Waals surface area contributed by atoms with Crippen LogP contribution >= 0.6 is 0 Å². The molecule has 0 spiro atoms. The summed E-state index contributed by atoms with van der Waals surface area (Å²) in [6.45, 7) is 0.852. The third-order valence-corrected chi connectivity index (χ3v) is 3.75. The predicted molar refractivity (Wildman–Crippen MR) is 86.4 cm³/mol. The van der Waals surface area contributed by atoms with E-state index in [1.807, 2.05) is 0 Å². The Morgan fingerprint density at radius 1 is 1.20 bits per heavy atom. The van der Waals surface area contributed by atoms with Gasteiger partial charge in [0.15, 0.2) is 12.7 Å². The van der Waals surface area contributed by atoms with Crippen LogP contribution in [-0.2, 0) is 14.3 Å². The number of rotatable bonds is 6. The average Bonchev–Trinajstić information content (AvgIpc) is 3.07. The third-order valence-electron chi connectivity index (χ3n) is 3.75. The van der Waals surface area contributed by atoms with Crippen molar-refractivity contribution in [2.24, 2.45) is 0 Å². The van der Waals surface area contributed by atoms with E-state index < -0.39 is 36.4 Å². The van der Waals surface area contributed by atoms with Crippen molar-refractivity contribution in [1.29, 1.82) is 0 Å². The number of urea groups is 1. The molecule has 7 nitrogen and oxygen atoms in total. The lowest BCUT2D eigenvalue weighted by molar-refractivity contribution is -0.154. The van der Waals surface area contributed by atoms with Gasteiger partial charge in [-0.25, -0.2) is 14.0 Å². The Balaban J connectivity index is 1.68. The van der Waals surface area contributed by atoms with Crippen LogP contribution in [0, 0.1) is 5.82 Å². The van der Waals surface area contributed by atoms with Crippen LogP contribution in [0.1, 0.15) is 32.6 Å². The Morgan fingerprint density at radius 3 is 2.48 bits per heavy atom. The predicted octanol–water partition coefficient (Wildman–Crippen LogP) is 1.90. The zero-order valence-corrected chi connectivity index (χ0v) is 13.9. The normalized spacial score (nSPS) is 15.3. The Hall–Kier alpha value is -2.64. The molecular formula is C17H21FN2O5. The van der Waals surface area contributed by atoms with Gasteiger partial charge in [-0.2, -0.15) is 0 Å². The molecule has 3 amide bonds. The van der Waals surface area contributed by atoms with Gasteiger partial charge < -0.3 is 14.8 Å². The second-order valence-electron chi connectivity index (χ2n) is 5.82. The van der Waals surface area contributed by atoms with Gasteiger partial charge in [0.25, 0.3) is 5.91 Å². The lowest BCUT2D eigenvalue weighted by Gasteiger charge is -2.14. The van der Waals surface area contributed by atoms with Crippen molar-refractivity contribution in [1.82, 2.24) is 10.6 Å². The maximum absolute atomic E-state index is 12.8. The highest BCUT2D eigenvalue weighted by Gasteiger charge is 2.20. The van der Waals surface area contributed by atoms with Gasteiger partial charge in [-0.1, -0.05) is 12.8 Å². The molecule has 0 saturated heterocycles. The van der Waals surface area contributed by atoms with Crippen LogP contribution in [-0.4, -0.2) is 36.7 Å². The molecule has 0 aliphatic heterocycles. The molecule has 1 aliphatic rings. The van der Waals surface area contributed by atoms with Crippen molar-refractivity contribution in [2.45, 2.75) is 44.8 Å². The molecule has 0 aromatic heterocycles. The van der Waals surface area contributed by atoms with E-state index in [1.54, 1.807) is 0 Å². The highest BCUT2D eigenvalue weighted by Crippen LogP contribution is 2.17. The number of imide groups is 1. The Kier molecular flexibility index (Phi) is 6.73. The van der Waals surface area contributed by atoms with Gasteiger partial charge in [0.1, 0.15) is 11.6 Å². The fraction of sp³-hybridized carbons (Fsp3) is 0.471. The highest BCUT2D eigenvalue weighted by molar-refractivity contribution is 5.95. The molecule has 136 valence electrons. The summed E-state index contributed by atoms with van der Waals surface area (Å²) in [5.74, 6) is -1.62. The zero-order valence-electron chi connectivity index (χ0n) is 13.9. The van der Waals surface area contributed by atoms with Gasteiger partial charge in [-0.15, -0.1) is 0 Å². The molecule has 1 aliphatic carbocycles. The molecular weight excluding hydrogens is 331 g/mol. The summed E-state index contributed by atoms with van der Waals surface area (Å²) in [5, 5.41) is 4.80. The largest absolute Gasteiger partial charge is 0.479 e. The van der Waals surface area contributed by atoms with E-state index in [4.69, 9.17) is 9.47 Å². The van der Waals surface area contributed by atoms with Crippen LogP contribution in [0.25, 0.3) is 0 Å². The van der Waals surface area contributed by atoms with Crippen LogP contribution in [0.4, 0.5) is 9.18 Å². The minimum absolute atomic E-state index is 0.0829. The van der Waals surface area contributed by atoms with Gasteiger partial charge in [0.2, 0.25) is 0 Å². The zero-order chi connectivity index (χ0) is 18.2. The first-order valence-electron chi connectivity index (χ1n) is 8.13. The lowest BCUT2D eigenvalue weighted by Crippen LogP contribution is -2.45.